The molecule has 70 heavy (non-hydrogen) atoms. The lowest BCUT2D eigenvalue weighted by Crippen LogP contribution is -2.30. The summed E-state index contributed by atoms with van der Waals surface area (Å²) in [5.74, 6) is -1.79. The molecule has 0 radical (unpaired) electrons. The van der Waals surface area contributed by atoms with Gasteiger partial charge in [-0.2, -0.15) is 0 Å². The van der Waals surface area contributed by atoms with E-state index < -0.39 is 64.4 Å². The molecular weight excluding hydrogens is 904 g/mol. The fraction of sp³-hybridized carbons (Fsp3) is 0.500. The van der Waals surface area contributed by atoms with E-state index in [9.17, 15) is 28.9 Å². The molecule has 0 aliphatic carbocycles. The third-order valence-electron chi connectivity index (χ3n) is 9.47. The van der Waals surface area contributed by atoms with Crippen LogP contribution in [0.2, 0.25) is 0 Å². The first kappa shape index (κ1) is 65.1. The Kier molecular flexibility index (Phi) is 47.0. The molecule has 0 aliphatic heterocycles. The number of phosphoric ester groups is 1. The number of carbonyl (C=O) groups excluding carboxylic acids is 3. The summed E-state index contributed by atoms with van der Waals surface area (Å²) < 4.78 is 39.1. The molecule has 12 heteroatoms. The van der Waals surface area contributed by atoms with E-state index in [0.717, 1.165) is 89.9 Å². The second-order valence-corrected chi connectivity index (χ2v) is 17.3. The number of hydrogen-bond donors (Lipinski definition) is 2. The van der Waals surface area contributed by atoms with Gasteiger partial charge in [0.15, 0.2) is 6.10 Å². The summed E-state index contributed by atoms with van der Waals surface area (Å²) in [5, 5.41) is 9.75. The van der Waals surface area contributed by atoms with Gasteiger partial charge in [-0.25, -0.2) is 4.57 Å². The van der Waals surface area contributed by atoms with Crippen LogP contribution in [0.5, 0.6) is 0 Å². The zero-order chi connectivity index (χ0) is 51.3. The minimum absolute atomic E-state index is 0.0364. The molecule has 0 fully saturated rings. The molecule has 0 saturated carbocycles. The highest BCUT2D eigenvalue weighted by atomic mass is 31.2. The van der Waals surface area contributed by atoms with Crippen molar-refractivity contribution < 1.29 is 52.2 Å². The van der Waals surface area contributed by atoms with Gasteiger partial charge in [0, 0.05) is 12.8 Å². The number of unbranched alkanes of at least 4 members (excludes halogenated alkanes) is 2. The maximum atomic E-state index is 12.8. The Morgan fingerprint density at radius 1 is 0.414 bits per heavy atom. The van der Waals surface area contributed by atoms with Gasteiger partial charge in [-0.05, 0) is 109 Å². The van der Waals surface area contributed by atoms with Crippen LogP contribution in [0.4, 0.5) is 0 Å². The molecule has 0 aromatic carbocycles. The largest absolute Gasteiger partial charge is 0.472 e. The number of carbonyl (C=O) groups is 3. The van der Waals surface area contributed by atoms with Crippen LogP contribution in [-0.2, 0) is 42.2 Å². The molecule has 3 atom stereocenters. The number of aliphatic hydroxyl groups excluding tert-OH is 1. The summed E-state index contributed by atoms with van der Waals surface area (Å²) in [4.78, 5) is 48.2. The molecule has 0 aromatic rings. The minimum atomic E-state index is -4.81. The van der Waals surface area contributed by atoms with Crippen LogP contribution in [-0.4, -0.2) is 66.5 Å². The van der Waals surface area contributed by atoms with Crippen molar-refractivity contribution in [3.8, 4) is 0 Å². The summed E-state index contributed by atoms with van der Waals surface area (Å²) in [5.41, 5.74) is 0. The number of ether oxygens (including phenoxy) is 3. The minimum Gasteiger partial charge on any atom is -0.462 e. The van der Waals surface area contributed by atoms with Gasteiger partial charge in [0.05, 0.1) is 26.2 Å². The molecule has 0 aliphatic rings. The monoisotopic (exact) mass is 991 g/mol. The lowest BCUT2D eigenvalue weighted by Gasteiger charge is -2.21. The molecule has 0 aromatic heterocycles. The van der Waals surface area contributed by atoms with Gasteiger partial charge in [0.25, 0.3) is 0 Å². The average Bonchev–Trinajstić information content (AvgIpc) is 3.35. The summed E-state index contributed by atoms with van der Waals surface area (Å²) in [6.07, 6.45) is 65.6. The normalized spacial score (nSPS) is 14.8. The Morgan fingerprint density at radius 2 is 0.771 bits per heavy atom. The van der Waals surface area contributed by atoms with E-state index in [-0.39, 0.29) is 19.3 Å². The summed E-state index contributed by atoms with van der Waals surface area (Å²) in [6.45, 7) is 3.99. The molecule has 390 valence electrons. The van der Waals surface area contributed by atoms with Crippen molar-refractivity contribution in [1.82, 2.24) is 0 Å². The standard InChI is InChI=1S/C58H87O11P/c1-4-7-10-13-16-19-22-25-27-30-32-35-38-41-44-47-56(60)65-51-55(69-58(62)49-46-43-40-37-34-31-28-26-23-20-17-14-11-8-5-2)53-67-70(63,64)66-52-54(50-59)68-57(61)48-45-42-39-36-33-29-24-21-18-15-12-9-6-3/h7-12,16-21,25-29,32-35,37,39,42-43,46,54-55,59H,4-6,13-15,22-24,30-31,36,38,40-41,44-45,47-53H2,1-3H3,(H,63,64)/b10-7-,11-8-,12-9-,19-16-,20-17-,21-18-,27-25-,28-26-,33-29-,35-32-,37-34-,42-39-,46-43-. The van der Waals surface area contributed by atoms with E-state index >= 15 is 0 Å². The van der Waals surface area contributed by atoms with E-state index in [2.05, 4.69) is 136 Å². The van der Waals surface area contributed by atoms with E-state index in [0.29, 0.717) is 19.3 Å². The zero-order valence-electron chi connectivity index (χ0n) is 42.7. The highest BCUT2D eigenvalue weighted by molar-refractivity contribution is 7.47. The molecule has 0 bridgehead atoms. The van der Waals surface area contributed by atoms with E-state index in [1.54, 1.807) is 6.08 Å². The summed E-state index contributed by atoms with van der Waals surface area (Å²) in [7, 11) is -4.81. The van der Waals surface area contributed by atoms with Crippen molar-refractivity contribution in [3.05, 3.63) is 158 Å². The van der Waals surface area contributed by atoms with Gasteiger partial charge in [-0.1, -0.05) is 179 Å². The molecule has 3 unspecified atom stereocenters. The van der Waals surface area contributed by atoms with Gasteiger partial charge < -0.3 is 24.2 Å². The fourth-order valence-electron chi connectivity index (χ4n) is 5.73. The Morgan fingerprint density at radius 3 is 1.19 bits per heavy atom. The summed E-state index contributed by atoms with van der Waals surface area (Å²) in [6, 6.07) is 0. The smallest absolute Gasteiger partial charge is 0.462 e. The number of rotatable bonds is 44. The van der Waals surface area contributed by atoms with Crippen molar-refractivity contribution in [2.45, 2.75) is 161 Å². The van der Waals surface area contributed by atoms with E-state index in [1.807, 2.05) is 36.5 Å². The second kappa shape index (κ2) is 50.5. The molecule has 0 saturated heterocycles. The third-order valence-corrected chi connectivity index (χ3v) is 10.4. The topological polar surface area (TPSA) is 155 Å². The van der Waals surface area contributed by atoms with E-state index in [1.165, 1.54) is 0 Å². The van der Waals surface area contributed by atoms with Crippen molar-refractivity contribution in [3.63, 3.8) is 0 Å². The highest BCUT2D eigenvalue weighted by Crippen LogP contribution is 2.43. The van der Waals surface area contributed by atoms with Crippen LogP contribution >= 0.6 is 7.82 Å². The van der Waals surface area contributed by atoms with Crippen molar-refractivity contribution in [2.75, 3.05) is 26.4 Å². The van der Waals surface area contributed by atoms with Crippen molar-refractivity contribution in [2.24, 2.45) is 0 Å². The number of hydrogen-bond acceptors (Lipinski definition) is 10. The predicted octanol–water partition coefficient (Wildman–Crippen LogP) is 14.6. The van der Waals surface area contributed by atoms with E-state index in [4.69, 9.17) is 23.3 Å². The highest BCUT2D eigenvalue weighted by Gasteiger charge is 2.28. The molecule has 0 rings (SSSR count). The fourth-order valence-corrected chi connectivity index (χ4v) is 6.51. The molecule has 2 N–H and O–H groups in total. The van der Waals surface area contributed by atoms with Crippen LogP contribution in [0.25, 0.3) is 0 Å². The molecule has 0 heterocycles. The summed E-state index contributed by atoms with van der Waals surface area (Å²) >= 11 is 0. The predicted molar refractivity (Wildman–Crippen MR) is 288 cm³/mol. The quantitative estimate of drug-likeness (QED) is 0.0197. The van der Waals surface area contributed by atoms with Crippen LogP contribution in [0, 0.1) is 0 Å². The Bertz CT molecular complexity index is 1770. The first-order chi connectivity index (χ1) is 34.2. The number of allylic oxidation sites excluding steroid dienone is 25. The lowest BCUT2D eigenvalue weighted by atomic mass is 10.2. The van der Waals surface area contributed by atoms with Crippen LogP contribution in [0.1, 0.15) is 149 Å². The van der Waals surface area contributed by atoms with Crippen LogP contribution in [0.3, 0.4) is 0 Å². The van der Waals surface area contributed by atoms with Gasteiger partial charge in [0.2, 0.25) is 0 Å². The van der Waals surface area contributed by atoms with Crippen LogP contribution in [0.15, 0.2) is 158 Å². The molecular formula is C58H87O11P. The Hall–Kier alpha value is -4.90. The first-order valence-electron chi connectivity index (χ1n) is 25.4. The number of aliphatic hydroxyl groups is 1. The van der Waals surface area contributed by atoms with Gasteiger partial charge in [0.1, 0.15) is 12.7 Å². The first-order valence-corrected chi connectivity index (χ1v) is 26.9. The second-order valence-electron chi connectivity index (χ2n) is 15.8. The molecule has 0 amide bonds. The van der Waals surface area contributed by atoms with Gasteiger partial charge in [-0.15, -0.1) is 0 Å². The number of phosphoric acid groups is 1. The Balaban J connectivity index is 5.03. The van der Waals surface area contributed by atoms with Crippen molar-refractivity contribution in [1.29, 1.82) is 0 Å². The maximum absolute atomic E-state index is 12.8. The molecule has 0 spiro atoms. The van der Waals surface area contributed by atoms with Crippen LogP contribution < -0.4 is 0 Å². The third kappa shape index (κ3) is 48.1. The molecule has 11 nitrogen and oxygen atoms in total. The average molecular weight is 991 g/mol. The zero-order valence-corrected chi connectivity index (χ0v) is 43.5. The SMILES string of the molecule is CC/C=C\C/C=C\C/C=C\C/C=C\C/C=C\CC(=O)OC(COC(=O)CCCC/C=C\C/C=C\C/C=C\C/C=C\CC)COP(=O)(O)OCC(CO)OC(=O)CC/C=C\C/C=C\C/C=C\C/C=C\CC. The lowest BCUT2D eigenvalue weighted by molar-refractivity contribution is -0.160. The van der Waals surface area contributed by atoms with Crippen molar-refractivity contribution >= 4 is 25.7 Å². The Labute approximate surface area is 422 Å². The number of esters is 3. The van der Waals surface area contributed by atoms with Gasteiger partial charge in [-0.3, -0.25) is 23.4 Å². The van der Waals surface area contributed by atoms with Gasteiger partial charge >= 0.3 is 25.7 Å². The maximum Gasteiger partial charge on any atom is 0.472 e.